The molecule has 0 amide bonds. The Labute approximate surface area is 103 Å². The molecule has 0 atom stereocenters. The molecule has 5 heteroatoms. The van der Waals surface area contributed by atoms with Crippen molar-refractivity contribution in [2.24, 2.45) is 0 Å². The Bertz CT molecular complexity index is 496. The molecule has 3 nitrogen and oxygen atoms in total. The lowest BCUT2D eigenvalue weighted by atomic mass is 10.2. The van der Waals surface area contributed by atoms with E-state index in [1.165, 1.54) is 0 Å². The van der Waals surface area contributed by atoms with Gasteiger partial charge in [0.25, 0.3) is 0 Å². The molecule has 84 valence electrons. The first-order valence-corrected chi connectivity index (χ1v) is 5.50. The van der Waals surface area contributed by atoms with E-state index in [-0.39, 0.29) is 6.61 Å². The molecule has 16 heavy (non-hydrogen) atoms. The zero-order valence-electron chi connectivity index (χ0n) is 8.40. The topological polar surface area (TPSA) is 38.0 Å². The smallest absolute Gasteiger partial charge is 0.0953 e. The quantitative estimate of drug-likeness (QED) is 0.918. The average molecular weight is 257 g/mol. The summed E-state index contributed by atoms with van der Waals surface area (Å²) < 4.78 is 1.88. The summed E-state index contributed by atoms with van der Waals surface area (Å²) in [6, 6.07) is 5.50. The lowest BCUT2D eigenvalue weighted by Crippen LogP contribution is -1.96. The Morgan fingerprint density at radius 1 is 1.25 bits per heavy atom. The molecule has 0 bridgehead atoms. The van der Waals surface area contributed by atoms with Crippen LogP contribution < -0.4 is 0 Å². The zero-order valence-corrected chi connectivity index (χ0v) is 9.91. The van der Waals surface area contributed by atoms with Crippen molar-refractivity contribution >= 4 is 23.2 Å². The molecule has 2 aromatic rings. The van der Waals surface area contributed by atoms with Crippen molar-refractivity contribution < 1.29 is 5.11 Å². The Hall–Kier alpha value is -1.03. The van der Waals surface area contributed by atoms with Gasteiger partial charge in [0.2, 0.25) is 0 Å². The summed E-state index contributed by atoms with van der Waals surface area (Å²) in [4.78, 5) is 4.02. The molecular formula is C11H10Cl2N2O. The summed E-state index contributed by atoms with van der Waals surface area (Å²) in [6.07, 6.45) is 3.47. The molecule has 1 aromatic heterocycles. The predicted molar refractivity (Wildman–Crippen MR) is 63.7 cm³/mol. The molecule has 1 heterocycles. The number of rotatable bonds is 3. The third-order valence-electron chi connectivity index (χ3n) is 2.20. The highest BCUT2D eigenvalue weighted by Crippen LogP contribution is 2.22. The van der Waals surface area contributed by atoms with Gasteiger partial charge in [-0.2, -0.15) is 0 Å². The fraction of sp³-hybridized carbons (Fsp3) is 0.182. The van der Waals surface area contributed by atoms with Crippen molar-refractivity contribution in [3.8, 4) is 0 Å². The molecule has 2 rings (SSSR count). The van der Waals surface area contributed by atoms with Crippen LogP contribution in [0.5, 0.6) is 0 Å². The molecule has 1 aromatic carbocycles. The van der Waals surface area contributed by atoms with E-state index in [4.69, 9.17) is 28.3 Å². The first-order chi connectivity index (χ1) is 7.69. The van der Waals surface area contributed by atoms with E-state index in [1.54, 1.807) is 18.6 Å². The molecular weight excluding hydrogens is 247 g/mol. The highest BCUT2D eigenvalue weighted by Gasteiger charge is 2.01. The van der Waals surface area contributed by atoms with Gasteiger partial charge < -0.3 is 9.67 Å². The van der Waals surface area contributed by atoms with Gasteiger partial charge in [0.05, 0.1) is 28.7 Å². The first-order valence-electron chi connectivity index (χ1n) is 4.74. The Kier molecular flexibility index (Phi) is 3.49. The van der Waals surface area contributed by atoms with E-state index in [1.807, 2.05) is 16.7 Å². The third-order valence-corrected chi connectivity index (χ3v) is 2.94. The van der Waals surface area contributed by atoms with E-state index < -0.39 is 0 Å². The number of aromatic nitrogens is 2. The fourth-order valence-electron chi connectivity index (χ4n) is 1.42. The number of aliphatic hydroxyl groups excluding tert-OH is 1. The van der Waals surface area contributed by atoms with Crippen molar-refractivity contribution in [3.63, 3.8) is 0 Å². The second-order valence-corrected chi connectivity index (χ2v) is 4.26. The van der Waals surface area contributed by atoms with Crippen LogP contribution in [0, 0.1) is 0 Å². The van der Waals surface area contributed by atoms with E-state index >= 15 is 0 Å². The number of hydrogen-bond acceptors (Lipinski definition) is 2. The number of hydrogen-bond donors (Lipinski definition) is 1. The molecule has 0 fully saturated rings. The van der Waals surface area contributed by atoms with Crippen LogP contribution in [0.3, 0.4) is 0 Å². The minimum Gasteiger partial charge on any atom is -0.390 e. The van der Waals surface area contributed by atoms with Gasteiger partial charge in [-0.15, -0.1) is 0 Å². The van der Waals surface area contributed by atoms with Gasteiger partial charge in [-0.1, -0.05) is 29.3 Å². The molecule has 0 radical (unpaired) electrons. The van der Waals surface area contributed by atoms with Crippen molar-refractivity contribution in [3.05, 3.63) is 52.0 Å². The van der Waals surface area contributed by atoms with E-state index in [2.05, 4.69) is 4.98 Å². The zero-order chi connectivity index (χ0) is 11.5. The van der Waals surface area contributed by atoms with Gasteiger partial charge >= 0.3 is 0 Å². The van der Waals surface area contributed by atoms with E-state index in [0.29, 0.717) is 22.3 Å². The minimum absolute atomic E-state index is 0.0472. The summed E-state index contributed by atoms with van der Waals surface area (Å²) in [6.45, 7) is 0.609. The molecule has 1 N–H and O–H groups in total. The van der Waals surface area contributed by atoms with Crippen LogP contribution in [0.25, 0.3) is 0 Å². The Morgan fingerprint density at radius 3 is 2.69 bits per heavy atom. The van der Waals surface area contributed by atoms with Crippen LogP contribution in [-0.2, 0) is 13.2 Å². The van der Waals surface area contributed by atoms with Crippen molar-refractivity contribution in [1.29, 1.82) is 0 Å². The summed E-state index contributed by atoms with van der Waals surface area (Å²) in [5, 5.41) is 9.97. The number of benzene rings is 1. The first kappa shape index (κ1) is 11.5. The Morgan fingerprint density at radius 2 is 2.06 bits per heavy atom. The molecule has 0 saturated heterocycles. The van der Waals surface area contributed by atoms with Crippen molar-refractivity contribution in [2.45, 2.75) is 13.2 Å². The maximum absolute atomic E-state index is 8.88. The SMILES string of the molecule is OCc1cn(Cc2ccc(Cl)c(Cl)c2)cn1. The number of halogens is 2. The summed E-state index contributed by atoms with van der Waals surface area (Å²) in [7, 11) is 0. The second kappa shape index (κ2) is 4.87. The number of imidazole rings is 1. The largest absolute Gasteiger partial charge is 0.390 e. The van der Waals surface area contributed by atoms with Gasteiger partial charge in [0, 0.05) is 12.7 Å². The lowest BCUT2D eigenvalue weighted by Gasteiger charge is -2.03. The summed E-state index contributed by atoms with van der Waals surface area (Å²) in [5.41, 5.74) is 1.69. The molecule has 0 aliphatic rings. The lowest BCUT2D eigenvalue weighted by molar-refractivity contribution is 0.277. The third kappa shape index (κ3) is 2.55. The standard InChI is InChI=1S/C11H10Cl2N2O/c12-10-2-1-8(3-11(10)13)4-15-5-9(6-16)14-7-15/h1-3,5,7,16H,4,6H2. The number of aliphatic hydroxyl groups is 1. The second-order valence-electron chi connectivity index (χ2n) is 3.44. The van der Waals surface area contributed by atoms with E-state index in [0.717, 1.165) is 5.56 Å². The maximum Gasteiger partial charge on any atom is 0.0953 e. The van der Waals surface area contributed by atoms with Gasteiger partial charge in [-0.05, 0) is 17.7 Å². The van der Waals surface area contributed by atoms with Gasteiger partial charge in [-0.25, -0.2) is 4.98 Å². The van der Waals surface area contributed by atoms with Gasteiger partial charge in [0.1, 0.15) is 0 Å². The highest BCUT2D eigenvalue weighted by atomic mass is 35.5. The molecule has 0 saturated carbocycles. The molecule has 0 spiro atoms. The van der Waals surface area contributed by atoms with Crippen LogP contribution in [0.2, 0.25) is 10.0 Å². The summed E-state index contributed by atoms with van der Waals surface area (Å²) in [5.74, 6) is 0. The van der Waals surface area contributed by atoms with Crippen molar-refractivity contribution in [1.82, 2.24) is 9.55 Å². The van der Waals surface area contributed by atoms with Gasteiger partial charge in [0.15, 0.2) is 0 Å². The van der Waals surface area contributed by atoms with Gasteiger partial charge in [-0.3, -0.25) is 0 Å². The number of nitrogens with zero attached hydrogens (tertiary/aromatic N) is 2. The monoisotopic (exact) mass is 256 g/mol. The maximum atomic E-state index is 8.88. The predicted octanol–water partition coefficient (Wildman–Crippen LogP) is 2.73. The highest BCUT2D eigenvalue weighted by molar-refractivity contribution is 6.42. The van der Waals surface area contributed by atoms with Crippen LogP contribution >= 0.6 is 23.2 Å². The Balaban J connectivity index is 2.17. The average Bonchev–Trinajstić information content (AvgIpc) is 2.71. The van der Waals surface area contributed by atoms with Crippen molar-refractivity contribution in [2.75, 3.05) is 0 Å². The molecule has 0 aliphatic heterocycles. The normalized spacial score (nSPS) is 10.7. The van der Waals surface area contributed by atoms with E-state index in [9.17, 15) is 0 Å². The molecule has 0 unspecified atom stereocenters. The van der Waals surface area contributed by atoms with Crippen LogP contribution in [-0.4, -0.2) is 14.7 Å². The summed E-state index contributed by atoms with van der Waals surface area (Å²) >= 11 is 11.7. The van der Waals surface area contributed by atoms with Crippen LogP contribution in [0.1, 0.15) is 11.3 Å². The fourth-order valence-corrected chi connectivity index (χ4v) is 1.74. The van der Waals surface area contributed by atoms with Crippen LogP contribution in [0.15, 0.2) is 30.7 Å². The minimum atomic E-state index is -0.0472. The molecule has 0 aliphatic carbocycles. The van der Waals surface area contributed by atoms with Crippen LogP contribution in [0.4, 0.5) is 0 Å².